The Labute approximate surface area is 146 Å². The predicted molar refractivity (Wildman–Crippen MR) is 96.0 cm³/mol. The van der Waals surface area contributed by atoms with Gasteiger partial charge in [0.2, 0.25) is 5.91 Å². The van der Waals surface area contributed by atoms with E-state index in [1.807, 2.05) is 47.3 Å². The van der Waals surface area contributed by atoms with Crippen molar-refractivity contribution in [1.29, 1.82) is 0 Å². The Morgan fingerprint density at radius 2 is 2.08 bits per heavy atom. The zero-order valence-corrected chi connectivity index (χ0v) is 14.2. The van der Waals surface area contributed by atoms with Crippen LogP contribution in [0.2, 0.25) is 0 Å². The number of hydrogen-bond donors (Lipinski definition) is 1. The fourth-order valence-electron chi connectivity index (χ4n) is 3.07. The molecule has 1 N–H and O–H groups in total. The molecule has 0 spiro atoms. The van der Waals surface area contributed by atoms with Crippen LogP contribution in [0.1, 0.15) is 25.8 Å². The van der Waals surface area contributed by atoms with Crippen LogP contribution in [0.5, 0.6) is 0 Å². The van der Waals surface area contributed by atoms with Gasteiger partial charge in [0.25, 0.3) is 0 Å². The molecule has 0 aliphatic heterocycles. The van der Waals surface area contributed by atoms with Gasteiger partial charge in [-0.25, -0.2) is 9.67 Å². The molecule has 128 valence electrons. The Bertz CT molecular complexity index is 863. The molecule has 6 heteroatoms. The van der Waals surface area contributed by atoms with E-state index >= 15 is 0 Å². The Kier molecular flexibility index (Phi) is 4.09. The van der Waals surface area contributed by atoms with Gasteiger partial charge in [0, 0.05) is 17.8 Å². The van der Waals surface area contributed by atoms with Crippen LogP contribution in [-0.4, -0.2) is 25.2 Å². The summed E-state index contributed by atoms with van der Waals surface area (Å²) in [6, 6.07) is 12.1. The summed E-state index contributed by atoms with van der Waals surface area (Å²) >= 11 is 0. The molecule has 1 amide bonds. The zero-order valence-electron chi connectivity index (χ0n) is 14.2. The van der Waals surface area contributed by atoms with Crippen LogP contribution in [0.3, 0.4) is 0 Å². The van der Waals surface area contributed by atoms with Crippen LogP contribution in [-0.2, 0) is 11.3 Å². The quantitative estimate of drug-likeness (QED) is 0.751. The molecule has 1 fully saturated rings. The van der Waals surface area contributed by atoms with Crippen molar-refractivity contribution >= 4 is 11.7 Å². The van der Waals surface area contributed by atoms with Crippen molar-refractivity contribution in [3.8, 4) is 11.3 Å². The molecule has 2 aromatic heterocycles. The van der Waals surface area contributed by atoms with E-state index < -0.39 is 0 Å². The first kappa shape index (κ1) is 15.6. The molecule has 3 aromatic rings. The maximum absolute atomic E-state index is 12.4. The minimum atomic E-state index is -0.0817. The second-order valence-electron chi connectivity index (χ2n) is 6.58. The third-order valence-electron chi connectivity index (χ3n) is 4.66. The molecule has 0 saturated heterocycles. The van der Waals surface area contributed by atoms with Gasteiger partial charge >= 0.3 is 0 Å². The minimum absolute atomic E-state index is 0.0817. The normalized spacial score (nSPS) is 15.1. The van der Waals surface area contributed by atoms with Crippen LogP contribution >= 0.6 is 0 Å². The number of hydrogen-bond acceptors (Lipinski definition) is 3. The van der Waals surface area contributed by atoms with E-state index in [4.69, 9.17) is 0 Å². The molecule has 2 heterocycles. The average Bonchev–Trinajstić information content (AvgIpc) is 3.21. The number of anilines is 1. The number of carbonyl (C=O) groups is 1. The second-order valence-corrected chi connectivity index (χ2v) is 6.58. The highest BCUT2D eigenvalue weighted by atomic mass is 16.2. The van der Waals surface area contributed by atoms with Gasteiger partial charge in [0.1, 0.15) is 12.4 Å². The number of aromatic nitrogens is 4. The number of imidazole rings is 1. The molecule has 1 aliphatic carbocycles. The topological polar surface area (TPSA) is 64.7 Å². The van der Waals surface area contributed by atoms with Crippen molar-refractivity contribution in [2.24, 2.45) is 5.92 Å². The first-order valence-corrected chi connectivity index (χ1v) is 8.61. The van der Waals surface area contributed by atoms with Crippen molar-refractivity contribution in [2.45, 2.75) is 32.4 Å². The predicted octanol–water partition coefficient (Wildman–Crippen LogP) is 3.36. The summed E-state index contributed by atoms with van der Waals surface area (Å²) in [5.41, 5.74) is 1.90. The molecule has 4 rings (SSSR count). The van der Waals surface area contributed by atoms with Gasteiger partial charge in [-0.1, -0.05) is 30.3 Å². The smallest absolute Gasteiger partial charge is 0.245 e. The van der Waals surface area contributed by atoms with Gasteiger partial charge in [-0.15, -0.1) is 0 Å². The molecule has 1 saturated carbocycles. The SMILES string of the molecule is CC(C1CC1)n1nccc1NC(=O)Cn1cnc(-c2ccccc2)c1. The van der Waals surface area contributed by atoms with Crippen molar-refractivity contribution in [3.05, 3.63) is 55.1 Å². The van der Waals surface area contributed by atoms with Crippen molar-refractivity contribution < 1.29 is 4.79 Å². The Balaban J connectivity index is 1.41. The number of benzene rings is 1. The highest BCUT2D eigenvalue weighted by Gasteiger charge is 2.30. The molecule has 1 unspecified atom stereocenters. The van der Waals surface area contributed by atoms with E-state index in [0.717, 1.165) is 17.1 Å². The summed E-state index contributed by atoms with van der Waals surface area (Å²) in [4.78, 5) is 16.8. The van der Waals surface area contributed by atoms with Crippen LogP contribution in [0.25, 0.3) is 11.3 Å². The Hall–Kier alpha value is -2.89. The highest BCUT2D eigenvalue weighted by Crippen LogP contribution is 2.40. The summed E-state index contributed by atoms with van der Waals surface area (Å²) < 4.78 is 3.71. The first-order valence-electron chi connectivity index (χ1n) is 8.61. The summed E-state index contributed by atoms with van der Waals surface area (Å²) in [7, 11) is 0. The van der Waals surface area contributed by atoms with Gasteiger partial charge in [0.15, 0.2) is 0 Å². The van der Waals surface area contributed by atoms with Crippen LogP contribution in [0.4, 0.5) is 5.82 Å². The summed E-state index contributed by atoms with van der Waals surface area (Å²) in [5, 5.41) is 7.33. The van der Waals surface area contributed by atoms with Crippen molar-refractivity contribution in [3.63, 3.8) is 0 Å². The molecule has 25 heavy (non-hydrogen) atoms. The highest BCUT2D eigenvalue weighted by molar-refractivity contribution is 5.89. The van der Waals surface area contributed by atoms with E-state index in [-0.39, 0.29) is 12.5 Å². The van der Waals surface area contributed by atoms with E-state index in [1.54, 1.807) is 17.1 Å². The Morgan fingerprint density at radius 1 is 1.28 bits per heavy atom. The maximum Gasteiger partial charge on any atom is 0.245 e. The van der Waals surface area contributed by atoms with E-state index in [9.17, 15) is 4.79 Å². The third kappa shape index (κ3) is 3.47. The van der Waals surface area contributed by atoms with Crippen molar-refractivity contribution in [1.82, 2.24) is 19.3 Å². The molecule has 1 atom stereocenters. The van der Waals surface area contributed by atoms with Crippen molar-refractivity contribution in [2.75, 3.05) is 5.32 Å². The third-order valence-corrected chi connectivity index (χ3v) is 4.66. The summed E-state index contributed by atoms with van der Waals surface area (Å²) in [6.07, 6.45) is 7.79. The summed E-state index contributed by atoms with van der Waals surface area (Å²) in [5.74, 6) is 1.35. The number of rotatable bonds is 6. The number of amides is 1. The first-order chi connectivity index (χ1) is 12.2. The van der Waals surface area contributed by atoms with Gasteiger partial charge < -0.3 is 9.88 Å². The Morgan fingerprint density at radius 3 is 2.84 bits per heavy atom. The zero-order chi connectivity index (χ0) is 17.2. The minimum Gasteiger partial charge on any atom is -0.327 e. The standard InChI is InChI=1S/C19H21N5O/c1-14(15-7-8-15)24-18(9-10-21-24)22-19(25)12-23-11-17(20-13-23)16-5-3-2-4-6-16/h2-6,9-11,13-15H,7-8,12H2,1H3,(H,22,25). The van der Waals surface area contributed by atoms with Crippen LogP contribution < -0.4 is 5.32 Å². The van der Waals surface area contributed by atoms with E-state index in [0.29, 0.717) is 12.0 Å². The molecule has 0 radical (unpaired) electrons. The number of carbonyl (C=O) groups excluding carboxylic acids is 1. The van der Waals surface area contributed by atoms with Gasteiger partial charge in [0.05, 0.1) is 24.3 Å². The van der Waals surface area contributed by atoms with Gasteiger partial charge in [-0.3, -0.25) is 4.79 Å². The fraction of sp³-hybridized carbons (Fsp3) is 0.316. The molecule has 1 aromatic carbocycles. The lowest BCUT2D eigenvalue weighted by Crippen LogP contribution is -2.21. The lowest BCUT2D eigenvalue weighted by Gasteiger charge is -2.15. The monoisotopic (exact) mass is 335 g/mol. The second kappa shape index (κ2) is 6.55. The largest absolute Gasteiger partial charge is 0.327 e. The lowest BCUT2D eigenvalue weighted by molar-refractivity contribution is -0.116. The van der Waals surface area contributed by atoms with E-state index in [2.05, 4.69) is 22.3 Å². The fourth-order valence-corrected chi connectivity index (χ4v) is 3.07. The van der Waals surface area contributed by atoms with Crippen LogP contribution in [0.15, 0.2) is 55.1 Å². The molecule has 1 aliphatic rings. The molecule has 0 bridgehead atoms. The maximum atomic E-state index is 12.4. The molecule has 6 nitrogen and oxygen atoms in total. The van der Waals surface area contributed by atoms with Gasteiger partial charge in [-0.05, 0) is 25.7 Å². The summed E-state index contributed by atoms with van der Waals surface area (Å²) in [6.45, 7) is 2.38. The molecular formula is C19H21N5O. The number of nitrogens with one attached hydrogen (secondary N) is 1. The number of nitrogens with zero attached hydrogens (tertiary/aromatic N) is 4. The van der Waals surface area contributed by atoms with Crippen LogP contribution in [0, 0.1) is 5.92 Å². The van der Waals surface area contributed by atoms with E-state index in [1.165, 1.54) is 12.8 Å². The lowest BCUT2D eigenvalue weighted by atomic mass is 10.2. The van der Waals surface area contributed by atoms with Gasteiger partial charge in [-0.2, -0.15) is 5.10 Å². The average molecular weight is 335 g/mol. The molecular weight excluding hydrogens is 314 g/mol.